The zero-order valence-electron chi connectivity index (χ0n) is 11.9. The van der Waals surface area contributed by atoms with Gasteiger partial charge < -0.3 is 5.32 Å². The van der Waals surface area contributed by atoms with E-state index in [2.05, 4.69) is 5.32 Å². The number of hydrogen-bond donors (Lipinski definition) is 1. The number of hydrogen-bond acceptors (Lipinski definition) is 5. The fraction of sp³-hybridized carbons (Fsp3) is 1.00. The molecule has 0 aromatic heterocycles. The summed E-state index contributed by atoms with van der Waals surface area (Å²) in [6.45, 7) is 2.63. The molecule has 19 heavy (non-hydrogen) atoms. The molecule has 0 saturated heterocycles. The van der Waals surface area contributed by atoms with Crippen molar-refractivity contribution in [3.8, 4) is 0 Å². The molecule has 114 valence electrons. The highest BCUT2D eigenvalue weighted by Crippen LogP contribution is 2.31. The Labute approximate surface area is 117 Å². The predicted molar refractivity (Wildman–Crippen MR) is 77.8 cm³/mol. The van der Waals surface area contributed by atoms with Crippen LogP contribution in [0.5, 0.6) is 0 Å². The summed E-state index contributed by atoms with van der Waals surface area (Å²) in [5.74, 6) is 0.213. The first-order valence-electron chi connectivity index (χ1n) is 6.73. The summed E-state index contributed by atoms with van der Waals surface area (Å²) in [4.78, 5) is 0. The lowest BCUT2D eigenvalue weighted by Crippen LogP contribution is -2.44. The van der Waals surface area contributed by atoms with E-state index in [1.54, 1.807) is 0 Å². The van der Waals surface area contributed by atoms with Gasteiger partial charge in [-0.1, -0.05) is 13.3 Å². The molecule has 1 fully saturated rings. The lowest BCUT2D eigenvalue weighted by molar-refractivity contribution is 0.287. The predicted octanol–water partition coefficient (Wildman–Crippen LogP) is 0.613. The quantitative estimate of drug-likeness (QED) is 0.777. The molecule has 0 heterocycles. The monoisotopic (exact) mass is 311 g/mol. The van der Waals surface area contributed by atoms with Crippen molar-refractivity contribution < 1.29 is 16.8 Å². The standard InChI is InChI=1S/C12H25NO4S2/c1-4-13-12(9-18(2,14)15)10-6-5-7-11(8-10)19(3,16)17/h10-13H,4-9H2,1-3H3. The molecule has 3 atom stereocenters. The van der Waals surface area contributed by atoms with E-state index in [-0.39, 0.29) is 23.0 Å². The average molecular weight is 311 g/mol. The highest BCUT2D eigenvalue weighted by Gasteiger charge is 2.33. The smallest absolute Gasteiger partial charge is 0.150 e. The third kappa shape index (κ3) is 5.79. The molecule has 0 aromatic rings. The zero-order valence-corrected chi connectivity index (χ0v) is 13.6. The molecular formula is C12H25NO4S2. The first kappa shape index (κ1) is 16.9. The van der Waals surface area contributed by atoms with E-state index in [1.165, 1.54) is 12.5 Å². The maximum Gasteiger partial charge on any atom is 0.150 e. The Morgan fingerprint density at radius 1 is 1.16 bits per heavy atom. The molecule has 3 unspecified atom stereocenters. The summed E-state index contributed by atoms with van der Waals surface area (Å²) in [6, 6.07) is -0.135. The fourth-order valence-corrected chi connectivity index (χ4v) is 5.12. The summed E-state index contributed by atoms with van der Waals surface area (Å²) in [7, 11) is -6.09. The van der Waals surface area contributed by atoms with Crippen molar-refractivity contribution in [2.75, 3.05) is 24.8 Å². The van der Waals surface area contributed by atoms with E-state index in [0.29, 0.717) is 19.4 Å². The minimum absolute atomic E-state index is 0.0853. The Bertz CT molecular complexity index is 484. The van der Waals surface area contributed by atoms with Crippen LogP contribution in [0.2, 0.25) is 0 Å². The molecule has 0 bridgehead atoms. The SMILES string of the molecule is CCNC(CS(C)(=O)=O)C1CCCC(S(C)(=O)=O)C1. The van der Waals surface area contributed by atoms with Crippen molar-refractivity contribution in [1.29, 1.82) is 0 Å². The minimum atomic E-state index is -3.06. The number of nitrogens with one attached hydrogen (secondary N) is 1. The highest BCUT2D eigenvalue weighted by atomic mass is 32.2. The Kier molecular flexibility index (Phi) is 5.82. The largest absolute Gasteiger partial charge is 0.313 e. The van der Waals surface area contributed by atoms with Crippen molar-refractivity contribution in [3.63, 3.8) is 0 Å². The fourth-order valence-electron chi connectivity index (χ4n) is 2.89. The second-order valence-corrected chi connectivity index (χ2v) is 10.1. The van der Waals surface area contributed by atoms with Gasteiger partial charge in [-0.05, 0) is 31.7 Å². The molecule has 5 nitrogen and oxygen atoms in total. The normalized spacial score (nSPS) is 27.1. The van der Waals surface area contributed by atoms with Crippen LogP contribution in [0.3, 0.4) is 0 Å². The topological polar surface area (TPSA) is 80.3 Å². The molecule has 0 amide bonds. The van der Waals surface area contributed by atoms with E-state index >= 15 is 0 Å². The summed E-state index contributed by atoms with van der Waals surface area (Å²) < 4.78 is 46.3. The molecule has 1 N–H and O–H groups in total. The van der Waals surface area contributed by atoms with Gasteiger partial charge >= 0.3 is 0 Å². The van der Waals surface area contributed by atoms with E-state index in [1.807, 2.05) is 6.92 Å². The van der Waals surface area contributed by atoms with Gasteiger partial charge in [-0.3, -0.25) is 0 Å². The third-order valence-electron chi connectivity index (χ3n) is 3.79. The summed E-state index contributed by atoms with van der Waals surface area (Å²) in [5.41, 5.74) is 0. The van der Waals surface area contributed by atoms with Gasteiger partial charge in [0.25, 0.3) is 0 Å². The molecule has 7 heteroatoms. The summed E-state index contributed by atoms with van der Waals surface area (Å²) in [6.07, 6.45) is 5.54. The third-order valence-corrected chi connectivity index (χ3v) is 6.39. The van der Waals surface area contributed by atoms with Crippen LogP contribution in [0, 0.1) is 5.92 Å². The van der Waals surface area contributed by atoms with Crippen molar-refractivity contribution in [3.05, 3.63) is 0 Å². The van der Waals surface area contributed by atoms with Crippen molar-refractivity contribution >= 4 is 19.7 Å². The molecular weight excluding hydrogens is 286 g/mol. The summed E-state index contributed by atoms with van der Waals surface area (Å²) in [5, 5.41) is 2.89. The van der Waals surface area contributed by atoms with E-state index in [0.717, 1.165) is 12.8 Å². The molecule has 0 aromatic carbocycles. The minimum Gasteiger partial charge on any atom is -0.313 e. The first-order valence-corrected chi connectivity index (χ1v) is 10.7. The van der Waals surface area contributed by atoms with E-state index in [9.17, 15) is 16.8 Å². The Morgan fingerprint density at radius 3 is 2.26 bits per heavy atom. The van der Waals surface area contributed by atoms with E-state index in [4.69, 9.17) is 0 Å². The van der Waals surface area contributed by atoms with Gasteiger partial charge in [0, 0.05) is 18.6 Å². The van der Waals surface area contributed by atoms with Gasteiger partial charge in [0.15, 0.2) is 0 Å². The van der Waals surface area contributed by atoms with Gasteiger partial charge in [0.2, 0.25) is 0 Å². The van der Waals surface area contributed by atoms with Gasteiger partial charge in [0.05, 0.1) is 11.0 Å². The number of sulfone groups is 2. The van der Waals surface area contributed by atoms with Gasteiger partial charge in [-0.25, -0.2) is 16.8 Å². The Balaban J connectivity index is 2.79. The molecule has 1 rings (SSSR count). The van der Waals surface area contributed by atoms with Gasteiger partial charge in [-0.2, -0.15) is 0 Å². The van der Waals surface area contributed by atoms with Crippen LogP contribution in [0.4, 0.5) is 0 Å². The molecule has 1 aliphatic carbocycles. The molecule has 1 aliphatic rings. The average Bonchev–Trinajstić information content (AvgIpc) is 2.26. The lowest BCUT2D eigenvalue weighted by Gasteiger charge is -2.34. The molecule has 0 spiro atoms. The van der Waals surface area contributed by atoms with Crippen LogP contribution in [0.15, 0.2) is 0 Å². The van der Waals surface area contributed by atoms with Crippen LogP contribution >= 0.6 is 0 Å². The zero-order chi connectivity index (χ0) is 14.7. The maximum atomic E-state index is 11.7. The molecule has 0 aliphatic heterocycles. The molecule has 0 radical (unpaired) electrons. The first-order chi connectivity index (χ1) is 8.63. The van der Waals surface area contributed by atoms with Crippen LogP contribution < -0.4 is 5.32 Å². The van der Waals surface area contributed by atoms with Crippen LogP contribution in [-0.4, -0.2) is 52.9 Å². The molecule has 1 saturated carbocycles. The van der Waals surface area contributed by atoms with E-state index < -0.39 is 19.7 Å². The van der Waals surface area contributed by atoms with Gasteiger partial charge in [-0.15, -0.1) is 0 Å². The van der Waals surface area contributed by atoms with Crippen LogP contribution in [0.25, 0.3) is 0 Å². The Morgan fingerprint density at radius 2 is 1.79 bits per heavy atom. The highest BCUT2D eigenvalue weighted by molar-refractivity contribution is 7.91. The van der Waals surface area contributed by atoms with Crippen molar-refractivity contribution in [2.45, 2.75) is 43.9 Å². The van der Waals surface area contributed by atoms with Crippen molar-refractivity contribution in [1.82, 2.24) is 5.32 Å². The maximum absolute atomic E-state index is 11.7. The second-order valence-electron chi connectivity index (χ2n) is 5.63. The lowest BCUT2D eigenvalue weighted by atomic mass is 9.84. The van der Waals surface area contributed by atoms with Crippen molar-refractivity contribution in [2.24, 2.45) is 5.92 Å². The van der Waals surface area contributed by atoms with Gasteiger partial charge in [0.1, 0.15) is 19.7 Å². The second kappa shape index (κ2) is 6.54. The Hall–Kier alpha value is -0.140. The number of rotatable bonds is 6. The van der Waals surface area contributed by atoms with Crippen LogP contribution in [0.1, 0.15) is 32.6 Å². The summed E-state index contributed by atoms with van der Waals surface area (Å²) >= 11 is 0. The van der Waals surface area contributed by atoms with Crippen LogP contribution in [-0.2, 0) is 19.7 Å².